The minimum absolute atomic E-state index is 0.0936. The standard InChI is InChI=1S/C47H53FN2O6/c1-31(2)43-42(45(52)49-38-20-14-15-21-39(38)53-30-32-16-10-8-11-17-32)41(33-18-12-9-13-19-33)44(34-22-24-35(48)25-23-34)50(43)27-26-36-28-37(55-47(6,7)54-36)29-40(51)56-46(3,4)5/h8-25,31,36-37H,26-30H2,1-7H3,(H,49,52)/t36-,37-/m0/s1. The van der Waals surface area contributed by atoms with E-state index in [1.165, 1.54) is 12.1 Å². The molecule has 56 heavy (non-hydrogen) atoms. The number of anilines is 1. The topological polar surface area (TPSA) is 88.0 Å². The molecule has 2 atom stereocenters. The number of amides is 1. The SMILES string of the molecule is CC(C)c1c(C(=O)Nc2ccccc2OCc2ccccc2)c(-c2ccccc2)c(-c2ccc(F)cc2)n1CC[C@H]1C[C@@H](CC(=O)OC(C)(C)C)OC(C)(C)O1. The molecule has 8 nitrogen and oxygen atoms in total. The monoisotopic (exact) mass is 760 g/mol. The van der Waals surface area contributed by atoms with Gasteiger partial charge in [-0.3, -0.25) is 9.59 Å². The Kier molecular flexibility index (Phi) is 12.5. The molecule has 0 spiro atoms. The van der Waals surface area contributed by atoms with Gasteiger partial charge in [0.1, 0.15) is 23.8 Å². The van der Waals surface area contributed by atoms with E-state index in [0.717, 1.165) is 33.6 Å². The van der Waals surface area contributed by atoms with Gasteiger partial charge in [0.05, 0.1) is 35.6 Å². The van der Waals surface area contributed by atoms with E-state index in [2.05, 4.69) is 23.7 Å². The molecule has 0 bridgehead atoms. The summed E-state index contributed by atoms with van der Waals surface area (Å²) in [6, 6.07) is 33.6. The molecule has 4 aromatic carbocycles. The number of halogens is 1. The molecule has 1 amide bonds. The second kappa shape index (κ2) is 17.3. The van der Waals surface area contributed by atoms with Crippen molar-refractivity contribution in [2.45, 2.75) is 110 Å². The average molecular weight is 761 g/mol. The average Bonchev–Trinajstić information content (AvgIpc) is 3.49. The molecule has 5 aromatic rings. The van der Waals surface area contributed by atoms with E-state index >= 15 is 0 Å². The van der Waals surface area contributed by atoms with Crippen LogP contribution >= 0.6 is 0 Å². The van der Waals surface area contributed by atoms with Crippen molar-refractivity contribution < 1.29 is 32.9 Å². The highest BCUT2D eigenvalue weighted by molar-refractivity contribution is 6.13. The molecule has 1 fully saturated rings. The number of hydrogen-bond donors (Lipinski definition) is 1. The number of hydrogen-bond acceptors (Lipinski definition) is 6. The first-order valence-corrected chi connectivity index (χ1v) is 19.4. The molecule has 1 aromatic heterocycles. The van der Waals surface area contributed by atoms with Gasteiger partial charge in [-0.1, -0.05) is 86.6 Å². The summed E-state index contributed by atoms with van der Waals surface area (Å²) in [7, 11) is 0. The molecule has 0 aliphatic carbocycles. The lowest BCUT2D eigenvalue weighted by atomic mass is 9.94. The largest absolute Gasteiger partial charge is 0.487 e. The number of esters is 1. The van der Waals surface area contributed by atoms with Crippen molar-refractivity contribution in [1.82, 2.24) is 4.57 Å². The molecule has 0 saturated carbocycles. The summed E-state index contributed by atoms with van der Waals surface area (Å²) in [6.45, 7) is 14.2. The van der Waals surface area contributed by atoms with Gasteiger partial charge in [-0.2, -0.15) is 0 Å². The number of carbonyl (C=O) groups excluding carboxylic acids is 2. The van der Waals surface area contributed by atoms with Crippen molar-refractivity contribution in [2.75, 3.05) is 5.32 Å². The summed E-state index contributed by atoms with van der Waals surface area (Å²) in [5.74, 6) is -1.43. The molecule has 294 valence electrons. The fraction of sp³-hybridized carbons (Fsp3) is 0.362. The van der Waals surface area contributed by atoms with E-state index < -0.39 is 17.5 Å². The molecule has 1 aliphatic heterocycles. The minimum Gasteiger partial charge on any atom is -0.487 e. The molecule has 0 radical (unpaired) electrons. The molecule has 1 aliphatic rings. The predicted octanol–water partition coefficient (Wildman–Crippen LogP) is 10.9. The van der Waals surface area contributed by atoms with Gasteiger partial charge in [0.25, 0.3) is 5.91 Å². The first-order chi connectivity index (χ1) is 26.7. The fourth-order valence-corrected chi connectivity index (χ4v) is 7.47. The van der Waals surface area contributed by atoms with Crippen LogP contribution in [0.4, 0.5) is 10.1 Å². The van der Waals surface area contributed by atoms with E-state index in [1.807, 2.05) is 120 Å². The van der Waals surface area contributed by atoms with E-state index in [9.17, 15) is 14.0 Å². The van der Waals surface area contributed by atoms with E-state index in [0.29, 0.717) is 43.0 Å². The van der Waals surface area contributed by atoms with Gasteiger partial charge in [0.2, 0.25) is 0 Å². The Bertz CT molecular complexity index is 2100. The summed E-state index contributed by atoms with van der Waals surface area (Å²) in [5, 5.41) is 3.20. The lowest BCUT2D eigenvalue weighted by Crippen LogP contribution is -2.46. The minimum atomic E-state index is -0.927. The van der Waals surface area contributed by atoms with Gasteiger partial charge >= 0.3 is 5.97 Å². The van der Waals surface area contributed by atoms with E-state index in [-0.39, 0.29) is 36.1 Å². The molecular formula is C47H53FN2O6. The Morgan fingerprint density at radius 3 is 2.14 bits per heavy atom. The van der Waals surface area contributed by atoms with Gasteiger partial charge in [0, 0.05) is 24.2 Å². The van der Waals surface area contributed by atoms with Crippen molar-refractivity contribution in [2.24, 2.45) is 0 Å². The Morgan fingerprint density at radius 1 is 0.857 bits per heavy atom. The Hall–Kier alpha value is -5.25. The first kappa shape index (κ1) is 40.4. The van der Waals surface area contributed by atoms with Crippen LogP contribution in [0.3, 0.4) is 0 Å². The molecular weight excluding hydrogens is 708 g/mol. The first-order valence-electron chi connectivity index (χ1n) is 19.4. The van der Waals surface area contributed by atoms with Crippen LogP contribution in [-0.4, -0.2) is 40.0 Å². The van der Waals surface area contributed by atoms with Gasteiger partial charge < -0.3 is 28.8 Å². The molecule has 6 rings (SSSR count). The highest BCUT2D eigenvalue weighted by atomic mass is 19.1. The second-order valence-electron chi connectivity index (χ2n) is 16.1. The summed E-state index contributed by atoms with van der Waals surface area (Å²) in [5.41, 5.74) is 5.49. The third kappa shape index (κ3) is 10.1. The van der Waals surface area contributed by atoms with Gasteiger partial charge in [-0.05, 0) is 100 Å². The van der Waals surface area contributed by atoms with Crippen LogP contribution in [0.25, 0.3) is 22.4 Å². The highest BCUT2D eigenvalue weighted by Crippen LogP contribution is 2.43. The summed E-state index contributed by atoms with van der Waals surface area (Å²) in [6.07, 6.45) is 0.508. The zero-order valence-electron chi connectivity index (χ0n) is 33.4. The molecule has 1 saturated heterocycles. The summed E-state index contributed by atoms with van der Waals surface area (Å²) >= 11 is 0. The zero-order valence-corrected chi connectivity index (χ0v) is 33.4. The van der Waals surface area contributed by atoms with Crippen molar-refractivity contribution >= 4 is 17.6 Å². The number of para-hydroxylation sites is 2. The van der Waals surface area contributed by atoms with Crippen LogP contribution in [-0.2, 0) is 32.2 Å². The number of ether oxygens (including phenoxy) is 4. The summed E-state index contributed by atoms with van der Waals surface area (Å²) in [4.78, 5) is 27.8. The smallest absolute Gasteiger partial charge is 0.308 e. The number of aromatic nitrogens is 1. The highest BCUT2D eigenvalue weighted by Gasteiger charge is 2.38. The molecule has 1 N–H and O–H groups in total. The maximum absolute atomic E-state index is 14.9. The van der Waals surface area contributed by atoms with E-state index in [1.54, 1.807) is 12.1 Å². The molecule has 9 heteroatoms. The normalized spacial score (nSPS) is 16.7. The van der Waals surface area contributed by atoms with E-state index in [4.69, 9.17) is 18.9 Å². The van der Waals surface area contributed by atoms with Crippen LogP contribution in [0.15, 0.2) is 109 Å². The fourth-order valence-electron chi connectivity index (χ4n) is 7.47. The Balaban J connectivity index is 1.41. The van der Waals surface area contributed by atoms with Crippen molar-refractivity contribution in [3.05, 3.63) is 132 Å². The predicted molar refractivity (Wildman–Crippen MR) is 218 cm³/mol. The van der Waals surface area contributed by atoms with Crippen LogP contribution in [0.2, 0.25) is 0 Å². The third-order valence-corrected chi connectivity index (χ3v) is 9.55. The summed E-state index contributed by atoms with van der Waals surface area (Å²) < 4.78 is 41.2. The maximum Gasteiger partial charge on any atom is 0.308 e. The van der Waals surface area contributed by atoms with Crippen LogP contribution in [0, 0.1) is 5.82 Å². The van der Waals surface area contributed by atoms with Crippen molar-refractivity contribution in [1.29, 1.82) is 0 Å². The lowest BCUT2D eigenvalue weighted by molar-refractivity contribution is -0.301. The Labute approximate surface area is 329 Å². The number of rotatable bonds is 13. The number of nitrogens with one attached hydrogen (secondary N) is 1. The van der Waals surface area contributed by atoms with Gasteiger partial charge in [-0.15, -0.1) is 0 Å². The Morgan fingerprint density at radius 2 is 1.48 bits per heavy atom. The number of nitrogens with zero attached hydrogens (tertiary/aromatic N) is 1. The van der Waals surface area contributed by atoms with Crippen LogP contribution in [0.1, 0.15) is 95.3 Å². The van der Waals surface area contributed by atoms with Crippen LogP contribution < -0.4 is 10.1 Å². The van der Waals surface area contributed by atoms with Crippen molar-refractivity contribution in [3.8, 4) is 28.1 Å². The number of benzene rings is 4. The second-order valence-corrected chi connectivity index (χ2v) is 16.1. The quantitative estimate of drug-likeness (QED) is 0.120. The van der Waals surface area contributed by atoms with Gasteiger partial charge in [-0.25, -0.2) is 4.39 Å². The van der Waals surface area contributed by atoms with Crippen LogP contribution in [0.5, 0.6) is 5.75 Å². The van der Waals surface area contributed by atoms with Gasteiger partial charge in [0.15, 0.2) is 5.79 Å². The molecule has 2 heterocycles. The van der Waals surface area contributed by atoms with Crippen molar-refractivity contribution in [3.63, 3.8) is 0 Å². The maximum atomic E-state index is 14.9. The zero-order chi connectivity index (χ0) is 40.0. The third-order valence-electron chi connectivity index (χ3n) is 9.55. The lowest BCUT2D eigenvalue weighted by Gasteiger charge is -2.41. The number of carbonyl (C=O) groups is 2. The molecule has 0 unspecified atom stereocenters.